The number of hydrogen-bond donors (Lipinski definition) is 0. The van der Waals surface area contributed by atoms with E-state index >= 15 is 0 Å². The summed E-state index contributed by atoms with van der Waals surface area (Å²) in [6, 6.07) is 12.5. The number of alkyl halides is 3. The number of aromatic nitrogens is 5. The second-order valence-electron chi connectivity index (χ2n) is 6.02. The van der Waals surface area contributed by atoms with Gasteiger partial charge in [-0.25, -0.2) is 4.98 Å². The summed E-state index contributed by atoms with van der Waals surface area (Å²) in [4.78, 5) is 17.0. The molecule has 0 saturated carbocycles. The molecule has 2 heterocycles. The lowest BCUT2D eigenvalue weighted by Crippen LogP contribution is -2.21. The molecular formula is C18H11BrF3N5O2. The van der Waals surface area contributed by atoms with E-state index in [1.807, 2.05) is 24.3 Å². The molecule has 0 amide bonds. The number of rotatable bonds is 4. The quantitative estimate of drug-likeness (QED) is 0.459. The van der Waals surface area contributed by atoms with Crippen molar-refractivity contribution in [1.82, 2.24) is 24.5 Å². The number of benzene rings is 2. The molecule has 0 unspecified atom stereocenters. The van der Waals surface area contributed by atoms with Crippen LogP contribution in [0.2, 0.25) is 0 Å². The maximum absolute atomic E-state index is 12.7. The lowest BCUT2D eigenvalue weighted by Gasteiger charge is -2.09. The van der Waals surface area contributed by atoms with Crippen LogP contribution in [0.4, 0.5) is 13.2 Å². The van der Waals surface area contributed by atoms with Crippen LogP contribution in [0, 0.1) is 0 Å². The maximum atomic E-state index is 12.7. The minimum Gasteiger partial charge on any atom is -0.406 e. The highest BCUT2D eigenvalue weighted by atomic mass is 79.9. The van der Waals surface area contributed by atoms with Gasteiger partial charge in [-0.1, -0.05) is 33.3 Å². The van der Waals surface area contributed by atoms with Crippen molar-refractivity contribution in [3.8, 4) is 11.4 Å². The van der Waals surface area contributed by atoms with Crippen molar-refractivity contribution < 1.29 is 17.9 Å². The molecule has 0 aliphatic heterocycles. The van der Waals surface area contributed by atoms with Gasteiger partial charge in [-0.05, 0) is 42.0 Å². The van der Waals surface area contributed by atoms with Crippen LogP contribution in [0.5, 0.6) is 5.75 Å². The molecule has 0 fully saturated rings. The Morgan fingerprint density at radius 3 is 2.38 bits per heavy atom. The summed E-state index contributed by atoms with van der Waals surface area (Å²) in [5, 5.41) is 7.80. The zero-order valence-electron chi connectivity index (χ0n) is 14.5. The second-order valence-corrected chi connectivity index (χ2v) is 6.93. The summed E-state index contributed by atoms with van der Waals surface area (Å²) in [6.45, 7) is 0.311. The first-order valence-corrected chi connectivity index (χ1v) is 9.01. The Kier molecular flexibility index (Phi) is 4.82. The van der Waals surface area contributed by atoms with E-state index in [-0.39, 0.29) is 22.5 Å². The van der Waals surface area contributed by atoms with Crippen molar-refractivity contribution in [3.63, 3.8) is 0 Å². The van der Waals surface area contributed by atoms with Gasteiger partial charge in [-0.3, -0.25) is 9.36 Å². The van der Waals surface area contributed by atoms with Crippen LogP contribution in [0.15, 0.2) is 64.1 Å². The minimum absolute atomic E-state index is 0.0558. The molecule has 0 N–H and O–H groups in total. The van der Waals surface area contributed by atoms with E-state index in [0.29, 0.717) is 12.2 Å². The van der Waals surface area contributed by atoms with Gasteiger partial charge in [-0.2, -0.15) is 4.68 Å². The average Bonchev–Trinajstić information content (AvgIpc) is 3.10. The van der Waals surface area contributed by atoms with Crippen molar-refractivity contribution in [1.29, 1.82) is 0 Å². The van der Waals surface area contributed by atoms with Gasteiger partial charge < -0.3 is 4.74 Å². The zero-order chi connectivity index (χ0) is 20.6. The Labute approximate surface area is 169 Å². The molecule has 0 bridgehead atoms. The Bertz CT molecular complexity index is 1220. The molecule has 0 aliphatic rings. The molecule has 0 atom stereocenters. The minimum atomic E-state index is -4.77. The highest BCUT2D eigenvalue weighted by molar-refractivity contribution is 9.10. The molecule has 4 aromatic rings. The second kappa shape index (κ2) is 7.32. The van der Waals surface area contributed by atoms with Gasteiger partial charge in [0.15, 0.2) is 11.2 Å². The molecule has 29 heavy (non-hydrogen) atoms. The summed E-state index contributed by atoms with van der Waals surface area (Å²) in [7, 11) is 0. The van der Waals surface area contributed by atoms with Crippen molar-refractivity contribution >= 4 is 27.1 Å². The van der Waals surface area contributed by atoms with Crippen LogP contribution in [0.1, 0.15) is 5.56 Å². The summed E-state index contributed by atoms with van der Waals surface area (Å²) in [5.74, 6) is -0.365. The molecule has 0 radical (unpaired) electrons. The fraction of sp³-hybridized carbons (Fsp3) is 0.111. The van der Waals surface area contributed by atoms with Crippen LogP contribution >= 0.6 is 15.9 Å². The number of fused-ring (bicyclic) bond motifs is 1. The first-order valence-electron chi connectivity index (χ1n) is 8.22. The van der Waals surface area contributed by atoms with E-state index in [9.17, 15) is 18.0 Å². The first kappa shape index (κ1) is 19.1. The van der Waals surface area contributed by atoms with E-state index in [4.69, 9.17) is 0 Å². The Balaban J connectivity index is 1.65. The zero-order valence-corrected chi connectivity index (χ0v) is 16.1. The van der Waals surface area contributed by atoms with Crippen molar-refractivity contribution in [2.24, 2.45) is 0 Å². The molecule has 2 aromatic carbocycles. The Morgan fingerprint density at radius 2 is 1.72 bits per heavy atom. The number of ether oxygens (including phenoxy) is 1. The smallest absolute Gasteiger partial charge is 0.406 e. The third-order valence-corrected chi connectivity index (χ3v) is 4.54. The molecule has 0 saturated heterocycles. The highest BCUT2D eigenvalue weighted by Gasteiger charge is 2.31. The molecule has 148 valence electrons. The lowest BCUT2D eigenvalue weighted by molar-refractivity contribution is -0.274. The van der Waals surface area contributed by atoms with E-state index < -0.39 is 6.36 Å². The SMILES string of the molecule is O=c1c2nnn(-c3ccc(OC(F)(F)F)cc3)c2ncn1Cc1ccc(Br)cc1. The number of hydrogen-bond acceptors (Lipinski definition) is 5. The third kappa shape index (κ3) is 4.14. The largest absolute Gasteiger partial charge is 0.573 e. The van der Waals surface area contributed by atoms with Crippen LogP contribution in [-0.2, 0) is 6.54 Å². The fourth-order valence-electron chi connectivity index (χ4n) is 2.71. The Morgan fingerprint density at radius 1 is 1.03 bits per heavy atom. The van der Waals surface area contributed by atoms with Gasteiger partial charge in [0.05, 0.1) is 12.2 Å². The molecule has 2 aromatic heterocycles. The van der Waals surface area contributed by atoms with Crippen LogP contribution in [-0.4, -0.2) is 30.9 Å². The third-order valence-electron chi connectivity index (χ3n) is 4.01. The van der Waals surface area contributed by atoms with E-state index in [0.717, 1.165) is 22.2 Å². The lowest BCUT2D eigenvalue weighted by atomic mass is 10.2. The van der Waals surface area contributed by atoms with Crippen molar-refractivity contribution in [3.05, 3.63) is 75.2 Å². The fourth-order valence-corrected chi connectivity index (χ4v) is 2.97. The summed E-state index contributed by atoms with van der Waals surface area (Å²) >= 11 is 3.36. The van der Waals surface area contributed by atoms with E-state index in [2.05, 4.69) is 36.0 Å². The van der Waals surface area contributed by atoms with Crippen LogP contribution < -0.4 is 10.3 Å². The van der Waals surface area contributed by atoms with Crippen molar-refractivity contribution in [2.45, 2.75) is 12.9 Å². The predicted molar refractivity (Wildman–Crippen MR) is 101 cm³/mol. The van der Waals surface area contributed by atoms with Gasteiger partial charge in [0, 0.05) is 4.47 Å². The topological polar surface area (TPSA) is 74.8 Å². The maximum Gasteiger partial charge on any atom is 0.573 e. The normalized spacial score (nSPS) is 11.7. The first-order chi connectivity index (χ1) is 13.8. The average molecular weight is 466 g/mol. The molecule has 11 heteroatoms. The summed E-state index contributed by atoms with van der Waals surface area (Å²) in [5.41, 5.74) is 1.18. The van der Waals surface area contributed by atoms with E-state index in [1.165, 1.54) is 27.7 Å². The van der Waals surface area contributed by atoms with Crippen molar-refractivity contribution in [2.75, 3.05) is 0 Å². The van der Waals surface area contributed by atoms with E-state index in [1.54, 1.807) is 0 Å². The molecule has 7 nitrogen and oxygen atoms in total. The highest BCUT2D eigenvalue weighted by Crippen LogP contribution is 2.24. The summed E-state index contributed by atoms with van der Waals surface area (Å²) in [6.07, 6.45) is -3.39. The summed E-state index contributed by atoms with van der Waals surface area (Å²) < 4.78 is 44.3. The molecule has 4 rings (SSSR count). The molecule has 0 spiro atoms. The van der Waals surface area contributed by atoms with Gasteiger partial charge >= 0.3 is 6.36 Å². The van der Waals surface area contributed by atoms with Gasteiger partial charge in [0.1, 0.15) is 12.1 Å². The van der Waals surface area contributed by atoms with Crippen LogP contribution in [0.3, 0.4) is 0 Å². The predicted octanol–water partition coefficient (Wildman–Crippen LogP) is 3.69. The number of halogens is 4. The standard InChI is InChI=1S/C18H11BrF3N5O2/c19-12-3-1-11(2-4-12)9-26-10-23-16-15(17(26)28)24-25-27(16)13-5-7-14(8-6-13)29-18(20,21)22/h1-8,10H,9H2. The van der Waals surface area contributed by atoms with Gasteiger partial charge in [-0.15, -0.1) is 18.3 Å². The van der Waals surface area contributed by atoms with Crippen LogP contribution in [0.25, 0.3) is 16.9 Å². The number of nitrogens with zero attached hydrogens (tertiary/aromatic N) is 5. The monoisotopic (exact) mass is 465 g/mol. The molecular weight excluding hydrogens is 455 g/mol. The molecule has 0 aliphatic carbocycles. The Hall–Kier alpha value is -3.21. The van der Waals surface area contributed by atoms with Gasteiger partial charge in [0.25, 0.3) is 5.56 Å². The van der Waals surface area contributed by atoms with Gasteiger partial charge in [0.2, 0.25) is 0 Å².